The molecule has 0 N–H and O–H groups in total. The van der Waals surface area contributed by atoms with Crippen molar-refractivity contribution in [3.63, 3.8) is 0 Å². The van der Waals surface area contributed by atoms with E-state index >= 15 is 0 Å². The molecule has 0 saturated heterocycles. The number of alkyl halides is 3. The summed E-state index contributed by atoms with van der Waals surface area (Å²) in [7, 11) is 0. The lowest BCUT2D eigenvalue weighted by Gasteiger charge is -2.24. The third-order valence-electron chi connectivity index (χ3n) is 4.70. The Hall–Kier alpha value is -2.76. The second-order valence-corrected chi connectivity index (χ2v) is 6.90. The predicted octanol–water partition coefficient (Wildman–Crippen LogP) is 6.66. The van der Waals surface area contributed by atoms with E-state index in [2.05, 4.69) is 5.10 Å². The highest BCUT2D eigenvalue weighted by Crippen LogP contribution is 2.34. The molecule has 3 nitrogen and oxygen atoms in total. The molecule has 1 unspecified atom stereocenters. The van der Waals surface area contributed by atoms with E-state index < -0.39 is 11.7 Å². The third kappa shape index (κ3) is 5.19. The fourth-order valence-corrected chi connectivity index (χ4v) is 3.40. The van der Waals surface area contributed by atoms with E-state index in [9.17, 15) is 13.2 Å². The quantitative estimate of drug-likeness (QED) is 0.506. The maximum atomic E-state index is 13.4. The van der Waals surface area contributed by atoms with Gasteiger partial charge in [0, 0.05) is 12.1 Å². The number of fused-ring (bicyclic) bond motifs is 1. The van der Waals surface area contributed by atoms with Crippen LogP contribution in [0.3, 0.4) is 0 Å². The number of allylic oxidation sites excluding steroid dienone is 6. The minimum atomic E-state index is -4.40. The van der Waals surface area contributed by atoms with Crippen molar-refractivity contribution in [3.05, 3.63) is 77.7 Å². The summed E-state index contributed by atoms with van der Waals surface area (Å²) in [5.74, 6) is 0.767. The van der Waals surface area contributed by atoms with Crippen molar-refractivity contribution in [2.75, 3.05) is 0 Å². The Morgan fingerprint density at radius 3 is 2.69 bits per heavy atom. The molecule has 1 aliphatic rings. The summed E-state index contributed by atoms with van der Waals surface area (Å²) < 4.78 is 48.1. The molecule has 2 heterocycles. The highest BCUT2D eigenvalue weighted by atomic mass is 19.4. The molecule has 29 heavy (non-hydrogen) atoms. The summed E-state index contributed by atoms with van der Waals surface area (Å²) in [5.41, 5.74) is 1.19. The molecule has 0 spiro atoms. The lowest BCUT2D eigenvalue weighted by atomic mass is 10.0. The van der Waals surface area contributed by atoms with Gasteiger partial charge in [0.2, 0.25) is 0 Å². The zero-order valence-electron chi connectivity index (χ0n) is 16.6. The molecule has 3 rings (SSSR count). The molecule has 0 bridgehead atoms. The molecule has 0 radical (unpaired) electrons. The zero-order valence-corrected chi connectivity index (χ0v) is 16.6. The number of hydrogen-bond acceptors (Lipinski definition) is 2. The van der Waals surface area contributed by atoms with Crippen LogP contribution in [0.2, 0.25) is 0 Å². The SMILES string of the molecule is C\C=C/C(=C\C(=C\CC)C(F)(F)F)c1cc2n(n1)CCCC2Oc1ccccc1. The fraction of sp³-hybridized carbons (Fsp3) is 0.348. The van der Waals surface area contributed by atoms with Gasteiger partial charge in [0.15, 0.2) is 0 Å². The molecular formula is C23H25F3N2O. The largest absolute Gasteiger partial charge is 0.484 e. The van der Waals surface area contributed by atoms with E-state index in [1.165, 1.54) is 12.2 Å². The van der Waals surface area contributed by atoms with Crippen LogP contribution in [0.25, 0.3) is 5.57 Å². The Kier molecular flexibility index (Phi) is 6.62. The molecule has 0 aliphatic carbocycles. The van der Waals surface area contributed by atoms with Gasteiger partial charge in [0.25, 0.3) is 0 Å². The smallest absolute Gasteiger partial charge is 0.416 e. The minimum Gasteiger partial charge on any atom is -0.484 e. The van der Waals surface area contributed by atoms with Gasteiger partial charge in [-0.25, -0.2) is 0 Å². The zero-order chi connectivity index (χ0) is 20.9. The summed E-state index contributed by atoms with van der Waals surface area (Å²) in [6, 6.07) is 11.4. The first-order valence-corrected chi connectivity index (χ1v) is 9.84. The van der Waals surface area contributed by atoms with Gasteiger partial charge in [-0.15, -0.1) is 0 Å². The molecule has 0 fully saturated rings. The Labute approximate surface area is 169 Å². The van der Waals surface area contributed by atoms with Crippen molar-refractivity contribution in [3.8, 4) is 5.75 Å². The number of halogens is 3. The molecule has 154 valence electrons. The van der Waals surface area contributed by atoms with Crippen LogP contribution < -0.4 is 4.74 Å². The Morgan fingerprint density at radius 2 is 2.03 bits per heavy atom. The van der Waals surface area contributed by atoms with Crippen LogP contribution in [0.5, 0.6) is 5.75 Å². The molecule has 6 heteroatoms. The van der Waals surface area contributed by atoms with Crippen molar-refractivity contribution in [1.29, 1.82) is 0 Å². The normalized spacial score (nSPS) is 18.2. The van der Waals surface area contributed by atoms with Gasteiger partial charge in [0.05, 0.1) is 17.0 Å². The second kappa shape index (κ2) is 9.16. The van der Waals surface area contributed by atoms with Crippen molar-refractivity contribution in [2.45, 2.75) is 51.9 Å². The molecule has 1 aliphatic heterocycles. The van der Waals surface area contributed by atoms with E-state index in [0.717, 1.165) is 30.8 Å². The minimum absolute atomic E-state index is 0.174. The number of benzene rings is 1. The molecular weight excluding hydrogens is 377 g/mol. The standard InChI is InChI=1S/C23H25F3N2O/c1-3-9-17(15-18(10-4-2)23(24,25)26)20-16-21-22(13-8-14-28(21)27-20)29-19-11-6-5-7-12-19/h3,5-7,9-12,15-16,22H,4,8,13-14H2,1-2H3/b9-3-,17-15+,18-10-. The molecule has 1 aromatic heterocycles. The van der Waals surface area contributed by atoms with Crippen molar-refractivity contribution in [2.24, 2.45) is 0 Å². The summed E-state index contributed by atoms with van der Waals surface area (Å²) in [6.07, 6.45) is 3.23. The number of ether oxygens (including phenoxy) is 1. The van der Waals surface area contributed by atoms with Crippen LogP contribution in [0.4, 0.5) is 13.2 Å². The second-order valence-electron chi connectivity index (χ2n) is 6.90. The number of rotatable bonds is 6. The van der Waals surface area contributed by atoms with Gasteiger partial charge in [-0.05, 0) is 50.5 Å². The number of aromatic nitrogens is 2. The maximum Gasteiger partial charge on any atom is 0.416 e. The predicted molar refractivity (Wildman–Crippen MR) is 108 cm³/mol. The van der Waals surface area contributed by atoms with Crippen molar-refractivity contribution in [1.82, 2.24) is 9.78 Å². The van der Waals surface area contributed by atoms with Crippen LogP contribution in [-0.4, -0.2) is 16.0 Å². The van der Waals surface area contributed by atoms with Gasteiger partial charge in [-0.1, -0.05) is 43.4 Å². The maximum absolute atomic E-state index is 13.4. The number of nitrogens with zero attached hydrogens (tertiary/aromatic N) is 2. The highest BCUT2D eigenvalue weighted by Gasteiger charge is 2.32. The van der Waals surface area contributed by atoms with E-state index in [-0.39, 0.29) is 6.10 Å². The number of hydrogen-bond donors (Lipinski definition) is 0. The van der Waals surface area contributed by atoms with Crippen molar-refractivity contribution >= 4 is 5.57 Å². The van der Waals surface area contributed by atoms with Crippen LogP contribution in [0, 0.1) is 0 Å². The van der Waals surface area contributed by atoms with Crippen LogP contribution in [0.15, 0.2) is 66.3 Å². The van der Waals surface area contributed by atoms with Crippen LogP contribution >= 0.6 is 0 Å². The van der Waals surface area contributed by atoms with E-state index in [4.69, 9.17) is 4.74 Å². The van der Waals surface area contributed by atoms with E-state index in [1.54, 1.807) is 26.0 Å². The van der Waals surface area contributed by atoms with Crippen molar-refractivity contribution < 1.29 is 17.9 Å². The van der Waals surface area contributed by atoms with Gasteiger partial charge in [-0.3, -0.25) is 4.68 Å². The van der Waals surface area contributed by atoms with E-state index in [0.29, 0.717) is 17.7 Å². The highest BCUT2D eigenvalue weighted by molar-refractivity contribution is 5.74. The summed E-state index contributed by atoms with van der Waals surface area (Å²) in [4.78, 5) is 0. The first-order chi connectivity index (χ1) is 13.9. The molecule has 0 saturated carbocycles. The molecule has 1 aromatic carbocycles. The summed E-state index contributed by atoms with van der Waals surface area (Å²) >= 11 is 0. The number of para-hydroxylation sites is 1. The lowest BCUT2D eigenvalue weighted by molar-refractivity contribution is -0.0883. The summed E-state index contributed by atoms with van der Waals surface area (Å²) in [6.45, 7) is 4.20. The third-order valence-corrected chi connectivity index (χ3v) is 4.70. The monoisotopic (exact) mass is 402 g/mol. The first kappa shape index (κ1) is 21.0. The van der Waals surface area contributed by atoms with Gasteiger partial charge < -0.3 is 4.74 Å². The van der Waals surface area contributed by atoms with Crippen LogP contribution in [0.1, 0.15) is 50.6 Å². The van der Waals surface area contributed by atoms with E-state index in [1.807, 2.05) is 41.1 Å². The Bertz CT molecular complexity index is 908. The Morgan fingerprint density at radius 1 is 1.28 bits per heavy atom. The molecule has 1 atom stereocenters. The molecule has 2 aromatic rings. The van der Waals surface area contributed by atoms with Gasteiger partial charge in [0.1, 0.15) is 11.9 Å². The lowest BCUT2D eigenvalue weighted by Crippen LogP contribution is -2.20. The van der Waals surface area contributed by atoms with Gasteiger partial charge >= 0.3 is 6.18 Å². The average Bonchev–Trinajstić information content (AvgIpc) is 3.12. The average molecular weight is 402 g/mol. The topological polar surface area (TPSA) is 27.1 Å². The Balaban J connectivity index is 1.96. The number of aryl methyl sites for hydroxylation is 1. The fourth-order valence-electron chi connectivity index (χ4n) is 3.40. The van der Waals surface area contributed by atoms with Gasteiger partial charge in [-0.2, -0.15) is 18.3 Å². The first-order valence-electron chi connectivity index (χ1n) is 9.84. The summed E-state index contributed by atoms with van der Waals surface area (Å²) in [5, 5.41) is 4.58. The molecule has 0 amide bonds. The van der Waals surface area contributed by atoms with Crippen LogP contribution in [-0.2, 0) is 6.54 Å².